The molecule has 1 aliphatic rings. The second kappa shape index (κ2) is 7.51. The highest BCUT2D eigenvalue weighted by atomic mass is 16.5. The number of hydrogen-bond acceptors (Lipinski definition) is 5. The van der Waals surface area contributed by atoms with Gasteiger partial charge < -0.3 is 14.5 Å². The molecule has 132 valence electrons. The van der Waals surface area contributed by atoms with Crippen LogP contribution in [-0.2, 0) is 11.2 Å². The number of methoxy groups -OCH3 is 1. The van der Waals surface area contributed by atoms with Gasteiger partial charge in [-0.1, -0.05) is 29.8 Å². The maximum atomic E-state index is 12.5. The molecule has 1 aromatic heterocycles. The highest BCUT2D eigenvalue weighted by molar-refractivity contribution is 5.79. The number of aromatic nitrogens is 2. The zero-order chi connectivity index (χ0) is 17.8. The van der Waals surface area contributed by atoms with Crippen LogP contribution >= 0.6 is 0 Å². The Morgan fingerprint density at radius 1 is 1.12 bits per heavy atom. The molecule has 0 atom stereocenters. The molecule has 2 aromatic rings. The van der Waals surface area contributed by atoms with Crippen molar-refractivity contribution >= 4 is 11.7 Å². The van der Waals surface area contributed by atoms with Crippen molar-refractivity contribution in [1.29, 1.82) is 0 Å². The lowest BCUT2D eigenvalue weighted by molar-refractivity contribution is -0.130. The molecule has 25 heavy (non-hydrogen) atoms. The number of carbonyl (C=O) groups excluding carboxylic acids is 1. The van der Waals surface area contributed by atoms with Crippen LogP contribution in [0.1, 0.15) is 17.0 Å². The van der Waals surface area contributed by atoms with Gasteiger partial charge in [0.25, 0.3) is 0 Å². The molecule has 0 saturated carbocycles. The van der Waals surface area contributed by atoms with Gasteiger partial charge >= 0.3 is 0 Å². The van der Waals surface area contributed by atoms with E-state index in [-0.39, 0.29) is 5.91 Å². The SMILES string of the molecule is COc1cc(N2CCN(C(=O)Cc3cccc(C)c3)CC2)nc(C)n1. The first-order valence-electron chi connectivity index (χ1n) is 8.53. The van der Waals surface area contributed by atoms with E-state index in [0.717, 1.165) is 24.5 Å². The molecule has 0 bridgehead atoms. The lowest BCUT2D eigenvalue weighted by atomic mass is 10.1. The third-order valence-electron chi connectivity index (χ3n) is 4.40. The minimum atomic E-state index is 0.182. The van der Waals surface area contributed by atoms with Gasteiger partial charge in [-0.3, -0.25) is 4.79 Å². The Kier molecular flexibility index (Phi) is 5.16. The Hall–Kier alpha value is -2.63. The minimum absolute atomic E-state index is 0.182. The molecule has 0 aliphatic carbocycles. The predicted molar refractivity (Wildman–Crippen MR) is 97.0 cm³/mol. The van der Waals surface area contributed by atoms with Crippen molar-refractivity contribution in [2.75, 3.05) is 38.2 Å². The molecule has 1 saturated heterocycles. The van der Waals surface area contributed by atoms with E-state index in [9.17, 15) is 4.79 Å². The van der Waals surface area contributed by atoms with Crippen LogP contribution in [0.15, 0.2) is 30.3 Å². The van der Waals surface area contributed by atoms with E-state index in [4.69, 9.17) is 4.74 Å². The van der Waals surface area contributed by atoms with Crippen molar-refractivity contribution < 1.29 is 9.53 Å². The predicted octanol–water partition coefficient (Wildman–Crippen LogP) is 1.99. The smallest absolute Gasteiger partial charge is 0.227 e. The van der Waals surface area contributed by atoms with E-state index in [1.54, 1.807) is 7.11 Å². The first kappa shape index (κ1) is 17.2. The molecule has 2 heterocycles. The van der Waals surface area contributed by atoms with Crippen LogP contribution in [0, 0.1) is 13.8 Å². The number of piperazine rings is 1. The van der Waals surface area contributed by atoms with Crippen LogP contribution in [0.3, 0.4) is 0 Å². The lowest BCUT2D eigenvalue weighted by Crippen LogP contribution is -2.49. The molecule has 1 amide bonds. The van der Waals surface area contributed by atoms with Crippen LogP contribution in [0.2, 0.25) is 0 Å². The van der Waals surface area contributed by atoms with Gasteiger partial charge in [-0.25, -0.2) is 4.98 Å². The molecule has 1 aromatic carbocycles. The zero-order valence-corrected chi connectivity index (χ0v) is 15.0. The summed E-state index contributed by atoms with van der Waals surface area (Å²) in [4.78, 5) is 25.4. The number of rotatable bonds is 4. The van der Waals surface area contributed by atoms with Crippen molar-refractivity contribution in [3.63, 3.8) is 0 Å². The summed E-state index contributed by atoms with van der Waals surface area (Å²) in [7, 11) is 1.60. The van der Waals surface area contributed by atoms with E-state index in [2.05, 4.69) is 20.9 Å². The Bertz CT molecular complexity index is 755. The first-order chi connectivity index (χ1) is 12.0. The van der Waals surface area contributed by atoms with Gasteiger partial charge in [-0.2, -0.15) is 4.98 Å². The summed E-state index contributed by atoms with van der Waals surface area (Å²) in [6.45, 7) is 6.84. The van der Waals surface area contributed by atoms with Crippen LogP contribution < -0.4 is 9.64 Å². The first-order valence-corrected chi connectivity index (χ1v) is 8.53. The van der Waals surface area contributed by atoms with Crippen molar-refractivity contribution in [3.8, 4) is 5.88 Å². The van der Waals surface area contributed by atoms with Crippen LogP contribution in [0.4, 0.5) is 5.82 Å². The molecular formula is C19H24N4O2. The van der Waals surface area contributed by atoms with Crippen molar-refractivity contribution in [2.45, 2.75) is 20.3 Å². The van der Waals surface area contributed by atoms with Crippen LogP contribution in [-0.4, -0.2) is 54.1 Å². The van der Waals surface area contributed by atoms with E-state index in [1.165, 1.54) is 5.56 Å². The number of nitrogens with zero attached hydrogens (tertiary/aromatic N) is 4. The Balaban J connectivity index is 1.60. The van der Waals surface area contributed by atoms with Gasteiger partial charge in [-0.15, -0.1) is 0 Å². The van der Waals surface area contributed by atoms with E-state index in [0.29, 0.717) is 31.2 Å². The van der Waals surface area contributed by atoms with Crippen molar-refractivity contribution in [1.82, 2.24) is 14.9 Å². The standard InChI is InChI=1S/C19H24N4O2/c1-14-5-4-6-16(11-14)12-19(24)23-9-7-22(8-10-23)17-13-18(25-3)21-15(2)20-17/h4-6,11,13H,7-10,12H2,1-3H3. The number of aryl methyl sites for hydroxylation is 2. The van der Waals surface area contributed by atoms with Gasteiger partial charge in [0.2, 0.25) is 11.8 Å². The normalized spacial score (nSPS) is 14.5. The van der Waals surface area contributed by atoms with Gasteiger partial charge in [0.1, 0.15) is 11.6 Å². The monoisotopic (exact) mass is 340 g/mol. The van der Waals surface area contributed by atoms with Crippen LogP contribution in [0.5, 0.6) is 5.88 Å². The quantitative estimate of drug-likeness (QED) is 0.852. The highest BCUT2D eigenvalue weighted by Gasteiger charge is 2.22. The van der Waals surface area contributed by atoms with Gasteiger partial charge in [0, 0.05) is 32.2 Å². The molecule has 0 N–H and O–H groups in total. The lowest BCUT2D eigenvalue weighted by Gasteiger charge is -2.35. The average Bonchev–Trinajstić information content (AvgIpc) is 2.61. The van der Waals surface area contributed by atoms with Crippen molar-refractivity contribution in [3.05, 3.63) is 47.3 Å². The number of benzene rings is 1. The maximum absolute atomic E-state index is 12.5. The topological polar surface area (TPSA) is 58.6 Å². The minimum Gasteiger partial charge on any atom is -0.481 e. The Morgan fingerprint density at radius 3 is 2.56 bits per heavy atom. The molecule has 0 spiro atoms. The highest BCUT2D eigenvalue weighted by Crippen LogP contribution is 2.19. The molecule has 1 aliphatic heterocycles. The second-order valence-electron chi connectivity index (χ2n) is 6.35. The van der Waals surface area contributed by atoms with Gasteiger partial charge in [0.15, 0.2) is 0 Å². The summed E-state index contributed by atoms with van der Waals surface area (Å²) < 4.78 is 5.22. The number of anilines is 1. The largest absolute Gasteiger partial charge is 0.481 e. The fraction of sp³-hybridized carbons (Fsp3) is 0.421. The summed E-state index contributed by atoms with van der Waals surface area (Å²) in [6, 6.07) is 9.98. The molecule has 0 radical (unpaired) electrons. The van der Waals surface area contributed by atoms with Gasteiger partial charge in [0.05, 0.1) is 13.5 Å². The molecule has 6 heteroatoms. The number of ether oxygens (including phenoxy) is 1. The second-order valence-corrected chi connectivity index (χ2v) is 6.35. The number of carbonyl (C=O) groups is 1. The van der Waals surface area contributed by atoms with E-state index in [1.807, 2.05) is 43.0 Å². The molecule has 1 fully saturated rings. The summed E-state index contributed by atoms with van der Waals surface area (Å²) in [5.74, 6) is 2.30. The van der Waals surface area contributed by atoms with Gasteiger partial charge in [-0.05, 0) is 19.4 Å². The summed E-state index contributed by atoms with van der Waals surface area (Å²) in [6.07, 6.45) is 0.460. The molecule has 3 rings (SSSR count). The summed E-state index contributed by atoms with van der Waals surface area (Å²) >= 11 is 0. The van der Waals surface area contributed by atoms with E-state index >= 15 is 0 Å². The molecule has 0 unspecified atom stereocenters. The average molecular weight is 340 g/mol. The number of amides is 1. The van der Waals surface area contributed by atoms with E-state index < -0.39 is 0 Å². The summed E-state index contributed by atoms with van der Waals surface area (Å²) in [5.41, 5.74) is 2.26. The fourth-order valence-corrected chi connectivity index (χ4v) is 3.09. The summed E-state index contributed by atoms with van der Waals surface area (Å²) in [5, 5.41) is 0. The third-order valence-corrected chi connectivity index (χ3v) is 4.40. The Morgan fingerprint density at radius 2 is 1.88 bits per heavy atom. The zero-order valence-electron chi connectivity index (χ0n) is 15.0. The fourth-order valence-electron chi connectivity index (χ4n) is 3.09. The molecular weight excluding hydrogens is 316 g/mol. The Labute approximate surface area is 148 Å². The van der Waals surface area contributed by atoms with Crippen molar-refractivity contribution in [2.24, 2.45) is 0 Å². The number of hydrogen-bond donors (Lipinski definition) is 0. The van der Waals surface area contributed by atoms with Crippen LogP contribution in [0.25, 0.3) is 0 Å². The molecule has 6 nitrogen and oxygen atoms in total. The maximum Gasteiger partial charge on any atom is 0.227 e. The third kappa shape index (κ3) is 4.26.